The lowest BCUT2D eigenvalue weighted by Gasteiger charge is -2.09. The van der Waals surface area contributed by atoms with Crippen molar-refractivity contribution in [2.24, 2.45) is 0 Å². The summed E-state index contributed by atoms with van der Waals surface area (Å²) in [6.07, 6.45) is 2.21. The highest BCUT2D eigenvalue weighted by atomic mass is 16.5. The summed E-state index contributed by atoms with van der Waals surface area (Å²) in [5.74, 6) is 1.16. The van der Waals surface area contributed by atoms with Crippen LogP contribution in [0.1, 0.15) is 24.6 Å². The van der Waals surface area contributed by atoms with E-state index in [-0.39, 0.29) is 12.5 Å². The van der Waals surface area contributed by atoms with Crippen LogP contribution >= 0.6 is 0 Å². The molecule has 0 aliphatic heterocycles. The molecule has 0 saturated carbocycles. The van der Waals surface area contributed by atoms with Crippen molar-refractivity contribution in [3.05, 3.63) is 41.6 Å². The van der Waals surface area contributed by atoms with Gasteiger partial charge in [0.1, 0.15) is 24.7 Å². The van der Waals surface area contributed by atoms with Crippen LogP contribution in [0.25, 0.3) is 0 Å². The van der Waals surface area contributed by atoms with Crippen molar-refractivity contribution in [2.45, 2.75) is 33.2 Å². The maximum Gasteiger partial charge on any atom is 0.241 e. The van der Waals surface area contributed by atoms with Crippen molar-refractivity contribution >= 4 is 11.7 Å². The van der Waals surface area contributed by atoms with Gasteiger partial charge in [-0.15, -0.1) is 0 Å². The normalized spacial score (nSPS) is 10.5. The van der Waals surface area contributed by atoms with Crippen molar-refractivity contribution in [1.82, 2.24) is 15.1 Å². The predicted molar refractivity (Wildman–Crippen MR) is 90.3 cm³/mol. The van der Waals surface area contributed by atoms with E-state index in [1.165, 1.54) is 10.2 Å². The van der Waals surface area contributed by atoms with Gasteiger partial charge in [-0.25, -0.2) is 4.68 Å². The van der Waals surface area contributed by atoms with Crippen LogP contribution in [0.2, 0.25) is 0 Å². The number of benzene rings is 1. The van der Waals surface area contributed by atoms with E-state index in [0.717, 1.165) is 24.3 Å². The molecule has 0 saturated heterocycles. The number of amides is 1. The molecule has 3 N–H and O–H groups in total. The molecule has 0 spiro atoms. The van der Waals surface area contributed by atoms with Gasteiger partial charge in [-0.2, -0.15) is 5.10 Å². The Hall–Kier alpha value is -2.50. The standard InChI is InChI=1S/C17H24N4O2/c1-3-4-14-5-7-15(8-6-14)23-10-9-19-17(22)12-21-16(18)11-13(2)20-21/h5-8,11H,3-4,9-10,12,18H2,1-2H3,(H,19,22). The molecule has 0 radical (unpaired) electrons. The first-order chi connectivity index (χ1) is 11.1. The van der Waals surface area contributed by atoms with Crippen LogP contribution < -0.4 is 15.8 Å². The first-order valence-corrected chi connectivity index (χ1v) is 7.87. The molecular formula is C17H24N4O2. The van der Waals surface area contributed by atoms with Gasteiger partial charge in [0.25, 0.3) is 0 Å². The number of hydrogen-bond acceptors (Lipinski definition) is 4. The molecule has 1 heterocycles. The molecular weight excluding hydrogens is 292 g/mol. The number of nitrogens with zero attached hydrogens (tertiary/aromatic N) is 2. The molecule has 1 aromatic carbocycles. The molecule has 1 amide bonds. The smallest absolute Gasteiger partial charge is 0.241 e. The summed E-state index contributed by atoms with van der Waals surface area (Å²) in [7, 11) is 0. The average molecular weight is 316 g/mol. The summed E-state index contributed by atoms with van der Waals surface area (Å²) < 4.78 is 7.09. The van der Waals surface area contributed by atoms with E-state index >= 15 is 0 Å². The SMILES string of the molecule is CCCc1ccc(OCCNC(=O)Cn2nc(C)cc2N)cc1. The zero-order valence-corrected chi connectivity index (χ0v) is 13.7. The Labute approximate surface area is 136 Å². The fraction of sp³-hybridized carbons (Fsp3) is 0.412. The number of anilines is 1. The zero-order chi connectivity index (χ0) is 16.7. The molecule has 2 aromatic rings. The number of nitrogen functional groups attached to an aromatic ring is 1. The summed E-state index contributed by atoms with van der Waals surface area (Å²) in [5.41, 5.74) is 7.85. The lowest BCUT2D eigenvalue weighted by molar-refractivity contribution is -0.121. The van der Waals surface area contributed by atoms with Gasteiger partial charge in [0.05, 0.1) is 12.2 Å². The van der Waals surface area contributed by atoms with Crippen molar-refractivity contribution < 1.29 is 9.53 Å². The Morgan fingerprint density at radius 2 is 2.09 bits per heavy atom. The number of hydrogen-bond donors (Lipinski definition) is 2. The number of nitrogens with two attached hydrogens (primary N) is 1. The van der Waals surface area contributed by atoms with Crippen LogP contribution in [-0.4, -0.2) is 28.8 Å². The van der Waals surface area contributed by atoms with Gasteiger partial charge in [-0.1, -0.05) is 25.5 Å². The molecule has 0 unspecified atom stereocenters. The molecule has 0 aliphatic carbocycles. The number of ether oxygens (including phenoxy) is 1. The second kappa shape index (κ2) is 8.22. The van der Waals surface area contributed by atoms with Crippen molar-refractivity contribution in [3.63, 3.8) is 0 Å². The number of carbonyl (C=O) groups excluding carboxylic acids is 1. The van der Waals surface area contributed by atoms with E-state index in [1.54, 1.807) is 6.07 Å². The monoisotopic (exact) mass is 316 g/mol. The van der Waals surface area contributed by atoms with E-state index in [1.807, 2.05) is 19.1 Å². The summed E-state index contributed by atoms with van der Waals surface area (Å²) in [4.78, 5) is 11.8. The van der Waals surface area contributed by atoms with Gasteiger partial charge in [0.15, 0.2) is 0 Å². The topological polar surface area (TPSA) is 82.2 Å². The van der Waals surface area contributed by atoms with Crippen molar-refractivity contribution in [1.29, 1.82) is 0 Å². The lowest BCUT2D eigenvalue weighted by Crippen LogP contribution is -2.31. The van der Waals surface area contributed by atoms with E-state index in [0.29, 0.717) is 19.0 Å². The molecule has 0 bridgehead atoms. The Morgan fingerprint density at radius 3 is 2.70 bits per heavy atom. The van der Waals surface area contributed by atoms with Crippen LogP contribution in [0, 0.1) is 6.92 Å². The zero-order valence-electron chi connectivity index (χ0n) is 13.7. The van der Waals surface area contributed by atoms with Gasteiger partial charge >= 0.3 is 0 Å². The second-order valence-electron chi connectivity index (χ2n) is 5.46. The van der Waals surface area contributed by atoms with E-state index in [4.69, 9.17) is 10.5 Å². The van der Waals surface area contributed by atoms with E-state index in [9.17, 15) is 4.79 Å². The maximum absolute atomic E-state index is 11.8. The summed E-state index contributed by atoms with van der Waals surface area (Å²) >= 11 is 0. The van der Waals surface area contributed by atoms with Gasteiger partial charge < -0.3 is 15.8 Å². The summed E-state index contributed by atoms with van der Waals surface area (Å²) in [5, 5.41) is 6.94. The fourth-order valence-corrected chi connectivity index (χ4v) is 2.28. The lowest BCUT2D eigenvalue weighted by atomic mass is 10.1. The molecule has 0 atom stereocenters. The fourth-order valence-electron chi connectivity index (χ4n) is 2.28. The van der Waals surface area contributed by atoms with Crippen molar-refractivity contribution in [3.8, 4) is 5.75 Å². The Kier molecular flexibility index (Phi) is 6.02. The van der Waals surface area contributed by atoms with Gasteiger partial charge in [0, 0.05) is 6.07 Å². The Balaban J connectivity index is 1.68. The average Bonchev–Trinajstić information content (AvgIpc) is 2.83. The van der Waals surface area contributed by atoms with Crippen LogP contribution in [0.15, 0.2) is 30.3 Å². The number of carbonyl (C=O) groups is 1. The number of rotatable bonds is 8. The predicted octanol–water partition coefficient (Wildman–Crippen LogP) is 1.92. The molecule has 124 valence electrons. The quantitative estimate of drug-likeness (QED) is 0.729. The molecule has 23 heavy (non-hydrogen) atoms. The Bertz CT molecular complexity index is 635. The van der Waals surface area contributed by atoms with Crippen LogP contribution in [0.3, 0.4) is 0 Å². The minimum Gasteiger partial charge on any atom is -0.492 e. The molecule has 0 fully saturated rings. The summed E-state index contributed by atoms with van der Waals surface area (Å²) in [6.45, 7) is 4.98. The van der Waals surface area contributed by atoms with Crippen LogP contribution in [0.4, 0.5) is 5.82 Å². The second-order valence-corrected chi connectivity index (χ2v) is 5.46. The number of aromatic nitrogens is 2. The Morgan fingerprint density at radius 1 is 1.35 bits per heavy atom. The van der Waals surface area contributed by atoms with Gasteiger partial charge in [-0.3, -0.25) is 4.79 Å². The maximum atomic E-state index is 11.8. The first-order valence-electron chi connectivity index (χ1n) is 7.87. The summed E-state index contributed by atoms with van der Waals surface area (Å²) in [6, 6.07) is 9.79. The molecule has 0 aliphatic rings. The first kappa shape index (κ1) is 16.9. The third kappa shape index (κ3) is 5.32. The molecule has 6 heteroatoms. The van der Waals surface area contributed by atoms with E-state index < -0.39 is 0 Å². The molecule has 6 nitrogen and oxygen atoms in total. The highest BCUT2D eigenvalue weighted by Gasteiger charge is 2.07. The highest BCUT2D eigenvalue weighted by Crippen LogP contribution is 2.13. The van der Waals surface area contributed by atoms with E-state index in [2.05, 4.69) is 29.5 Å². The molecule has 1 aromatic heterocycles. The van der Waals surface area contributed by atoms with Crippen LogP contribution in [0.5, 0.6) is 5.75 Å². The van der Waals surface area contributed by atoms with Gasteiger partial charge in [0.2, 0.25) is 5.91 Å². The van der Waals surface area contributed by atoms with Gasteiger partial charge in [-0.05, 0) is 31.0 Å². The highest BCUT2D eigenvalue weighted by molar-refractivity contribution is 5.76. The number of nitrogens with one attached hydrogen (secondary N) is 1. The minimum atomic E-state index is -0.137. The van der Waals surface area contributed by atoms with Crippen LogP contribution in [-0.2, 0) is 17.8 Å². The minimum absolute atomic E-state index is 0.116. The third-order valence-electron chi connectivity index (χ3n) is 3.38. The number of aryl methyl sites for hydroxylation is 2. The largest absolute Gasteiger partial charge is 0.492 e. The molecule has 2 rings (SSSR count). The van der Waals surface area contributed by atoms with Crippen molar-refractivity contribution in [2.75, 3.05) is 18.9 Å². The third-order valence-corrected chi connectivity index (χ3v) is 3.38.